The van der Waals surface area contributed by atoms with E-state index in [4.69, 9.17) is 33.2 Å². The van der Waals surface area contributed by atoms with Crippen molar-refractivity contribution in [2.75, 3.05) is 18.4 Å². The molecule has 2 aromatic heterocycles. The van der Waals surface area contributed by atoms with Crippen LogP contribution in [0.1, 0.15) is 12.0 Å². The minimum absolute atomic E-state index is 0.268. The molecule has 1 unspecified atom stereocenters. The predicted octanol–water partition coefficient (Wildman–Crippen LogP) is 5.16. The largest absolute Gasteiger partial charge is 0.350 e. The number of aromatic nitrogens is 4. The Morgan fingerprint density at radius 1 is 1.09 bits per heavy atom. The minimum atomic E-state index is -0.268. The summed E-state index contributed by atoms with van der Waals surface area (Å²) in [7, 11) is 0. The van der Waals surface area contributed by atoms with Crippen molar-refractivity contribution in [3.8, 4) is 11.4 Å². The van der Waals surface area contributed by atoms with Gasteiger partial charge >= 0.3 is 0 Å². The molecule has 1 aliphatic heterocycles. The summed E-state index contributed by atoms with van der Waals surface area (Å²) in [6.07, 6.45) is 2.74. The highest BCUT2D eigenvalue weighted by molar-refractivity contribution is 6.39. The van der Waals surface area contributed by atoms with Crippen molar-refractivity contribution in [3.63, 3.8) is 0 Å². The molecule has 1 aliphatic rings. The summed E-state index contributed by atoms with van der Waals surface area (Å²) in [5, 5.41) is 7.59. The van der Waals surface area contributed by atoms with Crippen LogP contribution in [0.4, 0.5) is 10.3 Å². The molecule has 0 spiro atoms. The SMILES string of the molecule is Fc1ccccc1CNc1ncc2nc(-c3c(Cl)cccc3Cl)n(CC3CCNC3)c2n1. The molecule has 1 saturated heterocycles. The van der Waals surface area contributed by atoms with Crippen LogP contribution in [0.25, 0.3) is 22.6 Å². The summed E-state index contributed by atoms with van der Waals surface area (Å²) >= 11 is 13.0. The summed E-state index contributed by atoms with van der Waals surface area (Å²) in [6.45, 7) is 2.93. The van der Waals surface area contributed by atoms with Crippen molar-refractivity contribution in [2.45, 2.75) is 19.5 Å². The van der Waals surface area contributed by atoms with Gasteiger partial charge in [0.2, 0.25) is 5.95 Å². The number of rotatable bonds is 6. The van der Waals surface area contributed by atoms with Gasteiger partial charge in [-0.2, -0.15) is 4.98 Å². The van der Waals surface area contributed by atoms with Gasteiger partial charge in [0.1, 0.15) is 17.2 Å². The molecule has 0 bridgehead atoms. The van der Waals surface area contributed by atoms with Crippen molar-refractivity contribution in [1.82, 2.24) is 24.8 Å². The van der Waals surface area contributed by atoms with E-state index < -0.39 is 0 Å². The second-order valence-corrected chi connectivity index (χ2v) is 8.66. The van der Waals surface area contributed by atoms with Crippen LogP contribution in [0, 0.1) is 11.7 Å². The van der Waals surface area contributed by atoms with Gasteiger partial charge in [-0.15, -0.1) is 0 Å². The zero-order valence-electron chi connectivity index (χ0n) is 17.2. The molecule has 2 aromatic carbocycles. The molecule has 32 heavy (non-hydrogen) atoms. The fourth-order valence-corrected chi connectivity index (χ4v) is 4.59. The zero-order chi connectivity index (χ0) is 22.1. The third-order valence-corrected chi connectivity index (χ3v) is 6.30. The van der Waals surface area contributed by atoms with E-state index in [-0.39, 0.29) is 12.4 Å². The molecule has 3 heterocycles. The molecular weight excluding hydrogens is 450 g/mol. The summed E-state index contributed by atoms with van der Waals surface area (Å²) in [6, 6.07) is 12.1. The Balaban J connectivity index is 1.55. The minimum Gasteiger partial charge on any atom is -0.350 e. The molecule has 0 amide bonds. The Morgan fingerprint density at radius 2 is 1.91 bits per heavy atom. The molecule has 164 valence electrons. The van der Waals surface area contributed by atoms with Gasteiger partial charge in [0.15, 0.2) is 5.65 Å². The topological polar surface area (TPSA) is 67.7 Å². The number of imidazole rings is 1. The molecule has 4 aromatic rings. The average Bonchev–Trinajstić information content (AvgIpc) is 3.42. The fourth-order valence-electron chi connectivity index (χ4n) is 4.02. The van der Waals surface area contributed by atoms with Crippen LogP contribution >= 0.6 is 23.2 Å². The first-order valence-electron chi connectivity index (χ1n) is 10.5. The standard InChI is InChI=1S/C23H21Cl2FN6/c24-16-5-3-6-17(25)20(16)22-30-19-12-29-23(28-11-15-4-1-2-7-18(15)26)31-21(19)32(22)13-14-8-9-27-10-14/h1-7,12,14,27H,8-11,13H2,(H,28,29,31). The lowest BCUT2D eigenvalue weighted by Crippen LogP contribution is -2.16. The maximum absolute atomic E-state index is 14.0. The first-order valence-corrected chi connectivity index (χ1v) is 11.2. The third kappa shape index (κ3) is 4.16. The van der Waals surface area contributed by atoms with Crippen LogP contribution < -0.4 is 10.6 Å². The smallest absolute Gasteiger partial charge is 0.225 e. The lowest BCUT2D eigenvalue weighted by Gasteiger charge is -2.15. The maximum Gasteiger partial charge on any atom is 0.225 e. The maximum atomic E-state index is 14.0. The molecule has 1 atom stereocenters. The Kier molecular flexibility index (Phi) is 5.95. The van der Waals surface area contributed by atoms with Crippen molar-refractivity contribution in [2.24, 2.45) is 5.92 Å². The number of fused-ring (bicyclic) bond motifs is 1. The number of hydrogen-bond donors (Lipinski definition) is 2. The van der Waals surface area contributed by atoms with Gasteiger partial charge in [0.05, 0.1) is 21.8 Å². The van der Waals surface area contributed by atoms with E-state index in [1.165, 1.54) is 6.07 Å². The van der Waals surface area contributed by atoms with E-state index in [9.17, 15) is 4.39 Å². The second kappa shape index (κ2) is 9.02. The van der Waals surface area contributed by atoms with Gasteiger partial charge in [-0.05, 0) is 43.6 Å². The summed E-state index contributed by atoms with van der Waals surface area (Å²) in [5.41, 5.74) is 2.57. The number of halogens is 3. The molecule has 0 saturated carbocycles. The van der Waals surface area contributed by atoms with E-state index in [0.717, 1.165) is 26.1 Å². The number of nitrogens with one attached hydrogen (secondary N) is 2. The fraction of sp³-hybridized carbons (Fsp3) is 0.261. The molecule has 2 N–H and O–H groups in total. The first kappa shape index (κ1) is 21.1. The molecule has 9 heteroatoms. The van der Waals surface area contributed by atoms with Crippen LogP contribution in [0.2, 0.25) is 10.0 Å². The van der Waals surface area contributed by atoms with Crippen molar-refractivity contribution >= 4 is 40.3 Å². The van der Waals surface area contributed by atoms with Crippen LogP contribution in [0.3, 0.4) is 0 Å². The molecule has 1 fully saturated rings. The number of anilines is 1. The monoisotopic (exact) mass is 470 g/mol. The molecule has 0 aliphatic carbocycles. The lowest BCUT2D eigenvalue weighted by molar-refractivity contribution is 0.490. The number of hydrogen-bond acceptors (Lipinski definition) is 5. The predicted molar refractivity (Wildman–Crippen MR) is 125 cm³/mol. The van der Waals surface area contributed by atoms with Crippen LogP contribution in [0.5, 0.6) is 0 Å². The molecule has 6 nitrogen and oxygen atoms in total. The van der Waals surface area contributed by atoms with Gasteiger partial charge in [0.25, 0.3) is 0 Å². The Hall–Kier alpha value is -2.74. The van der Waals surface area contributed by atoms with Gasteiger partial charge in [0, 0.05) is 18.7 Å². The van der Waals surface area contributed by atoms with E-state index >= 15 is 0 Å². The molecule has 0 radical (unpaired) electrons. The van der Waals surface area contributed by atoms with Gasteiger partial charge in [-0.25, -0.2) is 14.4 Å². The van der Waals surface area contributed by atoms with Crippen LogP contribution in [-0.4, -0.2) is 32.6 Å². The van der Waals surface area contributed by atoms with E-state index in [1.54, 1.807) is 36.5 Å². The van der Waals surface area contributed by atoms with E-state index in [2.05, 4.69) is 20.2 Å². The average molecular weight is 471 g/mol. The van der Waals surface area contributed by atoms with Gasteiger partial charge in [-0.1, -0.05) is 47.5 Å². The zero-order valence-corrected chi connectivity index (χ0v) is 18.7. The van der Waals surface area contributed by atoms with Crippen molar-refractivity contribution in [3.05, 3.63) is 70.1 Å². The highest BCUT2D eigenvalue weighted by Gasteiger charge is 2.23. The van der Waals surface area contributed by atoms with Crippen molar-refractivity contribution in [1.29, 1.82) is 0 Å². The summed E-state index contributed by atoms with van der Waals surface area (Å²) in [4.78, 5) is 13.9. The quantitative estimate of drug-likeness (QED) is 0.407. The van der Waals surface area contributed by atoms with Crippen LogP contribution in [-0.2, 0) is 13.1 Å². The summed E-state index contributed by atoms with van der Waals surface area (Å²) in [5.74, 6) is 1.25. The Bertz CT molecular complexity index is 1250. The summed E-state index contributed by atoms with van der Waals surface area (Å²) < 4.78 is 16.0. The highest BCUT2D eigenvalue weighted by atomic mass is 35.5. The lowest BCUT2D eigenvalue weighted by atomic mass is 10.1. The first-order chi connectivity index (χ1) is 15.6. The van der Waals surface area contributed by atoms with E-state index in [0.29, 0.717) is 50.0 Å². The number of benzene rings is 2. The molecule has 5 rings (SSSR count). The Labute approximate surface area is 194 Å². The second-order valence-electron chi connectivity index (χ2n) is 7.85. The van der Waals surface area contributed by atoms with E-state index in [1.807, 2.05) is 6.07 Å². The number of nitrogens with zero attached hydrogens (tertiary/aromatic N) is 4. The van der Waals surface area contributed by atoms with Gasteiger partial charge in [-0.3, -0.25) is 0 Å². The molecular formula is C23H21Cl2FN6. The Morgan fingerprint density at radius 3 is 2.66 bits per heavy atom. The van der Waals surface area contributed by atoms with Crippen molar-refractivity contribution < 1.29 is 4.39 Å². The third-order valence-electron chi connectivity index (χ3n) is 5.67. The van der Waals surface area contributed by atoms with Gasteiger partial charge < -0.3 is 15.2 Å². The van der Waals surface area contributed by atoms with Crippen LogP contribution in [0.15, 0.2) is 48.7 Å². The highest BCUT2D eigenvalue weighted by Crippen LogP contribution is 2.36. The normalized spacial score (nSPS) is 16.0.